The van der Waals surface area contributed by atoms with Gasteiger partial charge in [0, 0.05) is 24.3 Å². The third kappa shape index (κ3) is 4.15. The van der Waals surface area contributed by atoms with E-state index in [1.807, 2.05) is 10.9 Å². The summed E-state index contributed by atoms with van der Waals surface area (Å²) >= 11 is 0. The molecule has 0 spiro atoms. The van der Waals surface area contributed by atoms with E-state index in [1.165, 1.54) is 24.8 Å². The Hall–Kier alpha value is -0.830. The van der Waals surface area contributed by atoms with Crippen LogP contribution >= 0.6 is 0 Å². The molecule has 0 aliphatic rings. The Balaban J connectivity index is 2.61. The number of nitrogens with two attached hydrogens (primary N) is 1. The van der Waals surface area contributed by atoms with Crippen molar-refractivity contribution in [3.63, 3.8) is 0 Å². The summed E-state index contributed by atoms with van der Waals surface area (Å²) in [5.74, 6) is 0.592. The molecule has 0 amide bonds. The van der Waals surface area contributed by atoms with Crippen LogP contribution in [0.2, 0.25) is 0 Å². The Kier molecular flexibility index (Phi) is 6.27. The molecule has 17 heavy (non-hydrogen) atoms. The van der Waals surface area contributed by atoms with Crippen LogP contribution in [0.25, 0.3) is 0 Å². The molecule has 0 radical (unpaired) electrons. The van der Waals surface area contributed by atoms with Crippen LogP contribution in [0.5, 0.6) is 0 Å². The van der Waals surface area contributed by atoms with Crippen LogP contribution in [-0.2, 0) is 6.54 Å². The van der Waals surface area contributed by atoms with E-state index >= 15 is 0 Å². The first-order chi connectivity index (χ1) is 8.22. The summed E-state index contributed by atoms with van der Waals surface area (Å²) in [7, 11) is 0. The van der Waals surface area contributed by atoms with Crippen molar-refractivity contribution in [2.24, 2.45) is 11.7 Å². The molecule has 0 aliphatic heterocycles. The van der Waals surface area contributed by atoms with Crippen LogP contribution in [0.4, 0.5) is 0 Å². The van der Waals surface area contributed by atoms with Gasteiger partial charge in [0.2, 0.25) is 0 Å². The molecule has 2 unspecified atom stereocenters. The summed E-state index contributed by atoms with van der Waals surface area (Å²) in [5.41, 5.74) is 7.54. The molecular weight excluding hydrogens is 210 g/mol. The van der Waals surface area contributed by atoms with E-state index in [4.69, 9.17) is 5.73 Å². The van der Waals surface area contributed by atoms with Crippen LogP contribution in [0.15, 0.2) is 12.4 Å². The van der Waals surface area contributed by atoms with Crippen molar-refractivity contribution in [3.8, 4) is 0 Å². The lowest BCUT2D eigenvalue weighted by Gasteiger charge is -2.21. The molecule has 1 rings (SSSR count). The minimum atomic E-state index is 0.150. The summed E-state index contributed by atoms with van der Waals surface area (Å²) in [6, 6.07) is 0.150. The predicted octanol–water partition coefficient (Wildman–Crippen LogP) is 3.51. The lowest BCUT2D eigenvalue weighted by molar-refractivity contribution is 0.378. The molecule has 1 aromatic rings. The molecule has 1 heterocycles. The Morgan fingerprint density at radius 3 is 2.65 bits per heavy atom. The lowest BCUT2D eigenvalue weighted by atomic mass is 9.89. The summed E-state index contributed by atoms with van der Waals surface area (Å²) in [4.78, 5) is 0. The van der Waals surface area contributed by atoms with Crippen molar-refractivity contribution >= 4 is 0 Å². The van der Waals surface area contributed by atoms with Gasteiger partial charge in [0.1, 0.15) is 0 Å². The van der Waals surface area contributed by atoms with Gasteiger partial charge in [0.15, 0.2) is 0 Å². The highest BCUT2D eigenvalue weighted by atomic mass is 15.3. The number of nitrogens with zero attached hydrogens (tertiary/aromatic N) is 2. The highest BCUT2D eigenvalue weighted by Crippen LogP contribution is 2.26. The summed E-state index contributed by atoms with van der Waals surface area (Å²) in [5, 5.41) is 4.36. The molecular formula is C14H27N3. The van der Waals surface area contributed by atoms with Gasteiger partial charge in [-0.05, 0) is 18.8 Å². The number of hydrogen-bond acceptors (Lipinski definition) is 2. The monoisotopic (exact) mass is 237 g/mol. The van der Waals surface area contributed by atoms with Crippen LogP contribution in [0, 0.1) is 5.92 Å². The average molecular weight is 237 g/mol. The second-order valence-electron chi connectivity index (χ2n) is 4.87. The van der Waals surface area contributed by atoms with E-state index in [2.05, 4.69) is 32.1 Å². The quantitative estimate of drug-likeness (QED) is 0.752. The standard InChI is InChI=1S/C14H27N3/c1-4-7-8-12(6-3)14(15)13-10-16-17(11-13)9-5-2/h10-12,14H,4-9,15H2,1-3H3. The lowest BCUT2D eigenvalue weighted by Crippen LogP contribution is -2.20. The second-order valence-corrected chi connectivity index (χ2v) is 4.87. The van der Waals surface area contributed by atoms with Gasteiger partial charge in [-0.2, -0.15) is 5.10 Å². The summed E-state index contributed by atoms with van der Waals surface area (Å²) in [6.07, 6.45) is 10.1. The molecule has 0 saturated carbocycles. The fraction of sp³-hybridized carbons (Fsp3) is 0.786. The van der Waals surface area contributed by atoms with Gasteiger partial charge >= 0.3 is 0 Å². The fourth-order valence-electron chi connectivity index (χ4n) is 2.28. The minimum absolute atomic E-state index is 0.150. The van der Waals surface area contributed by atoms with Gasteiger partial charge in [0.05, 0.1) is 6.20 Å². The Labute approximate surface area is 105 Å². The van der Waals surface area contributed by atoms with Crippen molar-refractivity contribution in [1.82, 2.24) is 9.78 Å². The number of aromatic nitrogens is 2. The SMILES string of the molecule is CCCCC(CC)C(N)c1cnn(CCC)c1. The zero-order valence-electron chi connectivity index (χ0n) is 11.5. The van der Waals surface area contributed by atoms with Gasteiger partial charge in [-0.3, -0.25) is 4.68 Å². The maximum Gasteiger partial charge on any atom is 0.0537 e. The highest BCUT2D eigenvalue weighted by molar-refractivity contribution is 5.10. The van der Waals surface area contributed by atoms with E-state index < -0.39 is 0 Å². The van der Waals surface area contributed by atoms with Crippen molar-refractivity contribution < 1.29 is 0 Å². The third-order valence-corrected chi connectivity index (χ3v) is 3.45. The Bertz CT molecular complexity index is 306. The van der Waals surface area contributed by atoms with Crippen molar-refractivity contribution in [2.75, 3.05) is 0 Å². The van der Waals surface area contributed by atoms with Crippen LogP contribution < -0.4 is 5.73 Å². The molecule has 0 saturated heterocycles. The van der Waals surface area contributed by atoms with E-state index in [-0.39, 0.29) is 6.04 Å². The minimum Gasteiger partial charge on any atom is -0.324 e. The van der Waals surface area contributed by atoms with Crippen molar-refractivity contribution in [1.29, 1.82) is 0 Å². The van der Waals surface area contributed by atoms with E-state index in [9.17, 15) is 0 Å². The molecule has 0 aromatic carbocycles. The topological polar surface area (TPSA) is 43.8 Å². The Morgan fingerprint density at radius 1 is 1.29 bits per heavy atom. The smallest absolute Gasteiger partial charge is 0.0537 e. The number of rotatable bonds is 8. The van der Waals surface area contributed by atoms with Crippen molar-refractivity contribution in [2.45, 2.75) is 65.5 Å². The number of aryl methyl sites for hydroxylation is 1. The number of hydrogen-bond donors (Lipinski definition) is 1. The zero-order valence-corrected chi connectivity index (χ0v) is 11.5. The normalized spacial score (nSPS) is 14.8. The van der Waals surface area contributed by atoms with Crippen LogP contribution in [0.3, 0.4) is 0 Å². The molecule has 98 valence electrons. The molecule has 0 aliphatic carbocycles. The maximum atomic E-state index is 6.35. The van der Waals surface area contributed by atoms with E-state index in [1.54, 1.807) is 0 Å². The molecule has 0 bridgehead atoms. The Morgan fingerprint density at radius 2 is 2.06 bits per heavy atom. The van der Waals surface area contributed by atoms with Crippen LogP contribution in [0.1, 0.15) is 64.5 Å². The van der Waals surface area contributed by atoms with E-state index in [0.29, 0.717) is 5.92 Å². The molecule has 3 heteroatoms. The van der Waals surface area contributed by atoms with Gasteiger partial charge in [-0.1, -0.05) is 40.0 Å². The maximum absolute atomic E-state index is 6.35. The van der Waals surface area contributed by atoms with Crippen molar-refractivity contribution in [3.05, 3.63) is 18.0 Å². The van der Waals surface area contributed by atoms with Gasteiger partial charge in [-0.15, -0.1) is 0 Å². The summed E-state index contributed by atoms with van der Waals surface area (Å²) in [6.45, 7) is 7.62. The molecule has 2 N–H and O–H groups in total. The average Bonchev–Trinajstić information content (AvgIpc) is 2.79. The first-order valence-electron chi connectivity index (χ1n) is 7.00. The first-order valence-corrected chi connectivity index (χ1v) is 7.00. The highest BCUT2D eigenvalue weighted by Gasteiger charge is 2.18. The molecule has 0 fully saturated rings. The third-order valence-electron chi connectivity index (χ3n) is 3.45. The second kappa shape index (κ2) is 7.49. The number of unbranched alkanes of at least 4 members (excludes halogenated alkanes) is 1. The largest absolute Gasteiger partial charge is 0.324 e. The van der Waals surface area contributed by atoms with Gasteiger partial charge < -0.3 is 5.73 Å². The molecule has 1 aromatic heterocycles. The molecule has 3 nitrogen and oxygen atoms in total. The van der Waals surface area contributed by atoms with Crippen LogP contribution in [-0.4, -0.2) is 9.78 Å². The fourth-order valence-corrected chi connectivity index (χ4v) is 2.28. The zero-order chi connectivity index (χ0) is 12.7. The van der Waals surface area contributed by atoms with Gasteiger partial charge in [-0.25, -0.2) is 0 Å². The van der Waals surface area contributed by atoms with E-state index in [0.717, 1.165) is 19.4 Å². The van der Waals surface area contributed by atoms with Gasteiger partial charge in [0.25, 0.3) is 0 Å². The predicted molar refractivity (Wildman–Crippen MR) is 72.8 cm³/mol. The summed E-state index contributed by atoms with van der Waals surface area (Å²) < 4.78 is 2.00. The molecule has 2 atom stereocenters. The first kappa shape index (κ1) is 14.2.